The number of nitrogens with zero attached hydrogens (tertiary/aromatic N) is 1. The van der Waals surface area contributed by atoms with E-state index >= 15 is 0 Å². The topological polar surface area (TPSA) is 32.3 Å². The number of hydrogen-bond acceptors (Lipinski definition) is 3. The van der Waals surface area contributed by atoms with Crippen molar-refractivity contribution in [3.05, 3.63) is 0 Å². The van der Waals surface area contributed by atoms with E-state index in [0.717, 1.165) is 32.5 Å². The predicted octanol–water partition coefficient (Wildman–Crippen LogP) is 0.649. The van der Waals surface area contributed by atoms with Gasteiger partial charge in [-0.25, -0.2) is 0 Å². The molecule has 1 fully saturated rings. The second-order valence-corrected chi connectivity index (χ2v) is 3.58. The number of rotatable bonds is 5. The molecule has 0 radical (unpaired) electrons. The zero-order chi connectivity index (χ0) is 9.68. The molecule has 0 aromatic heterocycles. The molecule has 0 aromatic rings. The number of carbonyl (C=O) groups is 1. The molecule has 0 saturated carbocycles. The third kappa shape index (κ3) is 3.08. The zero-order valence-corrected chi connectivity index (χ0v) is 8.68. The molecule has 3 heteroatoms. The fourth-order valence-electron chi connectivity index (χ4n) is 1.74. The summed E-state index contributed by atoms with van der Waals surface area (Å²) in [5.74, 6) is 0.362. The minimum absolute atomic E-state index is 0.139. The highest BCUT2D eigenvalue weighted by molar-refractivity contribution is 5.86. The van der Waals surface area contributed by atoms with Crippen molar-refractivity contribution in [3.8, 4) is 0 Å². The smallest absolute Gasteiger partial charge is 0.163 e. The van der Waals surface area contributed by atoms with Gasteiger partial charge < -0.3 is 5.32 Å². The third-order valence-corrected chi connectivity index (χ3v) is 2.72. The molecule has 0 aliphatic carbocycles. The molecule has 1 aliphatic rings. The van der Waals surface area contributed by atoms with Crippen molar-refractivity contribution in [2.45, 2.75) is 32.7 Å². The van der Waals surface area contributed by atoms with Crippen molar-refractivity contribution in [2.75, 3.05) is 26.2 Å². The summed E-state index contributed by atoms with van der Waals surface area (Å²) >= 11 is 0. The van der Waals surface area contributed by atoms with Crippen molar-refractivity contribution in [2.24, 2.45) is 0 Å². The number of carbonyl (C=O) groups excluding carboxylic acids is 1. The minimum Gasteiger partial charge on any atom is -0.307 e. The summed E-state index contributed by atoms with van der Waals surface area (Å²) in [6.07, 6.45) is 2.18. The van der Waals surface area contributed by atoms with Crippen LogP contribution in [0.3, 0.4) is 0 Å². The largest absolute Gasteiger partial charge is 0.307 e. The molecule has 0 bridgehead atoms. The van der Waals surface area contributed by atoms with Gasteiger partial charge >= 0.3 is 0 Å². The van der Waals surface area contributed by atoms with Crippen LogP contribution in [-0.4, -0.2) is 42.9 Å². The first-order valence-electron chi connectivity index (χ1n) is 5.26. The normalized spacial score (nSPS) is 22.5. The third-order valence-electron chi connectivity index (χ3n) is 2.72. The van der Waals surface area contributed by atoms with Gasteiger partial charge in [0.05, 0.1) is 12.6 Å². The molecule has 0 aromatic carbocycles. The molecule has 1 unspecified atom stereocenters. The van der Waals surface area contributed by atoms with Crippen LogP contribution in [0.4, 0.5) is 0 Å². The summed E-state index contributed by atoms with van der Waals surface area (Å²) in [5.41, 5.74) is 0. The second kappa shape index (κ2) is 5.35. The lowest BCUT2D eigenvalue weighted by Crippen LogP contribution is -2.39. The van der Waals surface area contributed by atoms with E-state index in [9.17, 15) is 4.79 Å². The van der Waals surface area contributed by atoms with Gasteiger partial charge in [-0.05, 0) is 32.5 Å². The molecule has 0 amide bonds. The van der Waals surface area contributed by atoms with E-state index in [1.54, 1.807) is 0 Å². The van der Waals surface area contributed by atoms with E-state index in [2.05, 4.69) is 24.1 Å². The van der Waals surface area contributed by atoms with Gasteiger partial charge in [0.2, 0.25) is 0 Å². The van der Waals surface area contributed by atoms with Gasteiger partial charge in [-0.1, -0.05) is 13.8 Å². The van der Waals surface area contributed by atoms with E-state index < -0.39 is 0 Å². The summed E-state index contributed by atoms with van der Waals surface area (Å²) in [7, 11) is 0. The van der Waals surface area contributed by atoms with Crippen LogP contribution in [0.15, 0.2) is 0 Å². The van der Waals surface area contributed by atoms with Gasteiger partial charge in [0.25, 0.3) is 0 Å². The first-order valence-corrected chi connectivity index (χ1v) is 5.26. The highest BCUT2D eigenvalue weighted by atomic mass is 16.1. The molecule has 0 spiro atoms. The predicted molar refractivity (Wildman–Crippen MR) is 53.8 cm³/mol. The molecule has 76 valence electrons. The number of ketones is 1. The number of hydrogen-bond donors (Lipinski definition) is 1. The monoisotopic (exact) mass is 184 g/mol. The molecule has 3 nitrogen and oxygen atoms in total. The minimum atomic E-state index is 0.139. The van der Waals surface area contributed by atoms with E-state index in [1.807, 2.05) is 0 Å². The van der Waals surface area contributed by atoms with E-state index in [0.29, 0.717) is 12.3 Å². The Kier molecular flexibility index (Phi) is 4.39. The first-order chi connectivity index (χ1) is 6.27. The number of likely N-dealkylation sites (N-methyl/N-ethyl adjacent to an activating group) is 1. The molecule has 1 aliphatic heterocycles. The highest BCUT2D eigenvalue weighted by Gasteiger charge is 2.22. The molecular weight excluding hydrogens is 164 g/mol. The lowest BCUT2D eigenvalue weighted by molar-refractivity contribution is -0.121. The van der Waals surface area contributed by atoms with Crippen LogP contribution in [0.2, 0.25) is 0 Å². The van der Waals surface area contributed by atoms with E-state index in [1.165, 1.54) is 0 Å². The zero-order valence-electron chi connectivity index (χ0n) is 8.68. The van der Waals surface area contributed by atoms with Crippen LogP contribution in [0, 0.1) is 0 Å². The quantitative estimate of drug-likeness (QED) is 0.681. The molecule has 1 rings (SSSR count). The Hall–Kier alpha value is -0.410. The standard InChI is InChI=1S/C10H20N2O/c1-3-12(4-2)8-10(13)9-6-5-7-11-9/h9,11H,3-8H2,1-2H3. The lowest BCUT2D eigenvalue weighted by Gasteiger charge is -2.19. The molecule has 1 N–H and O–H groups in total. The molecule has 1 heterocycles. The maximum Gasteiger partial charge on any atom is 0.163 e. The fourth-order valence-corrected chi connectivity index (χ4v) is 1.74. The van der Waals surface area contributed by atoms with Crippen LogP contribution < -0.4 is 5.32 Å². The number of nitrogens with one attached hydrogen (secondary N) is 1. The summed E-state index contributed by atoms with van der Waals surface area (Å²) < 4.78 is 0. The summed E-state index contributed by atoms with van der Waals surface area (Å²) in [6, 6.07) is 0.139. The first kappa shape index (κ1) is 10.7. The Morgan fingerprint density at radius 3 is 2.62 bits per heavy atom. The Bertz CT molecular complexity index is 160. The van der Waals surface area contributed by atoms with Gasteiger partial charge in [-0.2, -0.15) is 0 Å². The Balaban J connectivity index is 2.30. The van der Waals surface area contributed by atoms with Crippen molar-refractivity contribution >= 4 is 5.78 Å². The fraction of sp³-hybridized carbons (Fsp3) is 0.900. The average molecular weight is 184 g/mol. The summed E-state index contributed by atoms with van der Waals surface area (Å²) in [6.45, 7) is 7.75. The summed E-state index contributed by atoms with van der Waals surface area (Å²) in [5, 5.41) is 3.23. The Morgan fingerprint density at radius 2 is 2.15 bits per heavy atom. The van der Waals surface area contributed by atoms with Crippen molar-refractivity contribution in [1.82, 2.24) is 10.2 Å². The highest BCUT2D eigenvalue weighted by Crippen LogP contribution is 2.06. The van der Waals surface area contributed by atoms with Crippen LogP contribution in [0.5, 0.6) is 0 Å². The van der Waals surface area contributed by atoms with E-state index in [4.69, 9.17) is 0 Å². The van der Waals surface area contributed by atoms with Gasteiger partial charge in [-0.15, -0.1) is 0 Å². The van der Waals surface area contributed by atoms with Gasteiger partial charge in [0.15, 0.2) is 5.78 Å². The van der Waals surface area contributed by atoms with Crippen molar-refractivity contribution < 1.29 is 4.79 Å². The van der Waals surface area contributed by atoms with Gasteiger partial charge in [0.1, 0.15) is 0 Å². The van der Waals surface area contributed by atoms with Crippen LogP contribution in [0.1, 0.15) is 26.7 Å². The van der Waals surface area contributed by atoms with Gasteiger partial charge in [0, 0.05) is 0 Å². The van der Waals surface area contributed by atoms with Crippen molar-refractivity contribution in [1.29, 1.82) is 0 Å². The second-order valence-electron chi connectivity index (χ2n) is 3.58. The van der Waals surface area contributed by atoms with Crippen LogP contribution >= 0.6 is 0 Å². The molecule has 1 saturated heterocycles. The van der Waals surface area contributed by atoms with Crippen LogP contribution in [-0.2, 0) is 4.79 Å². The molecule has 1 atom stereocenters. The maximum atomic E-state index is 11.7. The Morgan fingerprint density at radius 1 is 1.46 bits per heavy atom. The molecule has 13 heavy (non-hydrogen) atoms. The van der Waals surface area contributed by atoms with Crippen molar-refractivity contribution in [3.63, 3.8) is 0 Å². The number of Topliss-reactive ketones (excluding diaryl/α,β-unsaturated/α-hetero) is 1. The lowest BCUT2D eigenvalue weighted by atomic mass is 10.1. The average Bonchev–Trinajstić information content (AvgIpc) is 2.66. The Labute approximate surface area is 80.5 Å². The SMILES string of the molecule is CCN(CC)CC(=O)C1CCCN1. The molecular formula is C10H20N2O. The van der Waals surface area contributed by atoms with Crippen LogP contribution in [0.25, 0.3) is 0 Å². The maximum absolute atomic E-state index is 11.7. The summed E-state index contributed by atoms with van der Waals surface area (Å²) in [4.78, 5) is 13.8. The van der Waals surface area contributed by atoms with E-state index in [-0.39, 0.29) is 6.04 Å². The van der Waals surface area contributed by atoms with Gasteiger partial charge in [-0.3, -0.25) is 9.69 Å².